The van der Waals surface area contributed by atoms with E-state index in [-0.39, 0.29) is 12.3 Å². The number of carbonyl (C=O) groups excluding carboxylic acids is 1. The van der Waals surface area contributed by atoms with Crippen molar-refractivity contribution >= 4 is 5.97 Å². The summed E-state index contributed by atoms with van der Waals surface area (Å²) >= 11 is 0. The van der Waals surface area contributed by atoms with E-state index < -0.39 is 5.97 Å². The normalized spacial score (nSPS) is 10.3. The van der Waals surface area contributed by atoms with Crippen LogP contribution in [0.25, 0.3) is 0 Å². The van der Waals surface area contributed by atoms with Gasteiger partial charge in [-0.1, -0.05) is 23.9 Å². The van der Waals surface area contributed by atoms with E-state index in [0.29, 0.717) is 12.2 Å². The number of hydrogen-bond donors (Lipinski definition) is 0. The Kier molecular flexibility index (Phi) is 4.24. The number of aryl methyl sites for hydroxylation is 1. The van der Waals surface area contributed by atoms with Gasteiger partial charge in [0.15, 0.2) is 5.69 Å². The van der Waals surface area contributed by atoms with Crippen molar-refractivity contribution in [3.8, 4) is 0 Å². The average Bonchev–Trinajstić information content (AvgIpc) is 2.78. The molecule has 0 aliphatic heterocycles. The third kappa shape index (κ3) is 3.09. The van der Waals surface area contributed by atoms with Crippen molar-refractivity contribution < 1.29 is 9.53 Å². The van der Waals surface area contributed by atoms with Crippen LogP contribution in [0.2, 0.25) is 0 Å². The molecule has 2 aromatic rings. The second-order valence-electron chi connectivity index (χ2n) is 4.44. The van der Waals surface area contributed by atoms with Gasteiger partial charge in [0.25, 0.3) is 0 Å². The van der Waals surface area contributed by atoms with Gasteiger partial charge < -0.3 is 4.74 Å². The molecule has 2 aromatic heterocycles. The van der Waals surface area contributed by atoms with Gasteiger partial charge in [-0.25, -0.2) is 9.48 Å². The van der Waals surface area contributed by atoms with Crippen LogP contribution in [0, 0.1) is 13.8 Å². The molecule has 0 atom stereocenters. The van der Waals surface area contributed by atoms with E-state index in [1.54, 1.807) is 24.0 Å². The standard InChI is InChI=1S/C14H16N4O2/c1-4-5-20-14(19)13-11(3)18(17-16-13)9-12-6-10(2)7-15-8-12/h4,6-8H,1,5,9H2,2-3H3. The monoisotopic (exact) mass is 272 g/mol. The number of pyridine rings is 1. The Morgan fingerprint density at radius 1 is 1.45 bits per heavy atom. The first-order valence-corrected chi connectivity index (χ1v) is 6.20. The molecule has 0 bridgehead atoms. The Hall–Kier alpha value is -2.50. The van der Waals surface area contributed by atoms with Crippen molar-refractivity contribution in [2.75, 3.05) is 6.61 Å². The summed E-state index contributed by atoms with van der Waals surface area (Å²) in [4.78, 5) is 15.9. The van der Waals surface area contributed by atoms with Crippen LogP contribution in [0.4, 0.5) is 0 Å². The summed E-state index contributed by atoms with van der Waals surface area (Å²) in [6, 6.07) is 2.02. The number of ether oxygens (including phenoxy) is 1. The van der Waals surface area contributed by atoms with E-state index >= 15 is 0 Å². The van der Waals surface area contributed by atoms with Crippen molar-refractivity contribution in [1.29, 1.82) is 0 Å². The van der Waals surface area contributed by atoms with Gasteiger partial charge in [-0.2, -0.15) is 0 Å². The maximum absolute atomic E-state index is 11.7. The summed E-state index contributed by atoms with van der Waals surface area (Å²) in [5.41, 5.74) is 2.97. The largest absolute Gasteiger partial charge is 0.457 e. The first-order valence-electron chi connectivity index (χ1n) is 6.20. The Balaban J connectivity index is 2.16. The van der Waals surface area contributed by atoms with Crippen LogP contribution in [-0.2, 0) is 11.3 Å². The smallest absolute Gasteiger partial charge is 0.361 e. The Bertz CT molecular complexity index is 634. The van der Waals surface area contributed by atoms with Crippen molar-refractivity contribution in [2.24, 2.45) is 0 Å². The van der Waals surface area contributed by atoms with E-state index in [0.717, 1.165) is 11.1 Å². The summed E-state index contributed by atoms with van der Waals surface area (Å²) in [5.74, 6) is -0.490. The van der Waals surface area contributed by atoms with Gasteiger partial charge in [0.1, 0.15) is 6.61 Å². The minimum Gasteiger partial charge on any atom is -0.457 e. The molecular formula is C14H16N4O2. The molecule has 6 heteroatoms. The summed E-state index contributed by atoms with van der Waals surface area (Å²) in [6.45, 7) is 7.93. The van der Waals surface area contributed by atoms with Crippen LogP contribution in [0.1, 0.15) is 27.3 Å². The molecule has 2 rings (SSSR count). The van der Waals surface area contributed by atoms with Crippen molar-refractivity contribution in [2.45, 2.75) is 20.4 Å². The molecule has 0 aliphatic carbocycles. The summed E-state index contributed by atoms with van der Waals surface area (Å²) in [7, 11) is 0. The van der Waals surface area contributed by atoms with Crippen LogP contribution in [0.3, 0.4) is 0 Å². The molecule has 104 valence electrons. The third-order valence-corrected chi connectivity index (χ3v) is 2.77. The van der Waals surface area contributed by atoms with E-state index in [1.807, 2.05) is 13.0 Å². The quantitative estimate of drug-likeness (QED) is 0.612. The molecular weight excluding hydrogens is 256 g/mol. The lowest BCUT2D eigenvalue weighted by molar-refractivity contribution is 0.0542. The van der Waals surface area contributed by atoms with Gasteiger partial charge in [0, 0.05) is 12.4 Å². The molecule has 0 radical (unpaired) electrons. The van der Waals surface area contributed by atoms with E-state index in [1.165, 1.54) is 6.08 Å². The molecule has 0 N–H and O–H groups in total. The van der Waals surface area contributed by atoms with Crippen LogP contribution < -0.4 is 0 Å². The fraction of sp³-hybridized carbons (Fsp3) is 0.286. The third-order valence-electron chi connectivity index (χ3n) is 2.77. The van der Waals surface area contributed by atoms with Crippen molar-refractivity contribution in [1.82, 2.24) is 20.0 Å². The molecule has 0 aliphatic rings. The molecule has 0 saturated heterocycles. The second kappa shape index (κ2) is 6.10. The van der Waals surface area contributed by atoms with E-state index in [2.05, 4.69) is 21.9 Å². The zero-order valence-electron chi connectivity index (χ0n) is 11.5. The molecule has 20 heavy (non-hydrogen) atoms. The number of carbonyl (C=O) groups is 1. The van der Waals surface area contributed by atoms with Gasteiger partial charge in [0.05, 0.1) is 12.2 Å². The number of hydrogen-bond acceptors (Lipinski definition) is 5. The Morgan fingerprint density at radius 3 is 2.95 bits per heavy atom. The molecule has 0 aromatic carbocycles. The predicted octanol–water partition coefficient (Wildman–Crippen LogP) is 1.68. The molecule has 0 unspecified atom stereocenters. The maximum atomic E-state index is 11.7. The number of aromatic nitrogens is 4. The molecule has 0 fully saturated rings. The van der Waals surface area contributed by atoms with Gasteiger partial charge in [-0.15, -0.1) is 5.10 Å². The highest BCUT2D eigenvalue weighted by Gasteiger charge is 2.17. The van der Waals surface area contributed by atoms with Gasteiger partial charge in [0.2, 0.25) is 0 Å². The van der Waals surface area contributed by atoms with Crippen LogP contribution in [-0.4, -0.2) is 32.6 Å². The highest BCUT2D eigenvalue weighted by Crippen LogP contribution is 2.09. The first kappa shape index (κ1) is 13.9. The predicted molar refractivity (Wildman–Crippen MR) is 73.3 cm³/mol. The summed E-state index contributed by atoms with van der Waals surface area (Å²) in [6.07, 6.45) is 5.07. The average molecular weight is 272 g/mol. The highest BCUT2D eigenvalue weighted by molar-refractivity contribution is 5.88. The number of rotatable bonds is 5. The van der Waals surface area contributed by atoms with Gasteiger partial charge >= 0.3 is 5.97 Å². The zero-order chi connectivity index (χ0) is 14.5. The molecule has 6 nitrogen and oxygen atoms in total. The van der Waals surface area contributed by atoms with E-state index in [4.69, 9.17) is 4.74 Å². The van der Waals surface area contributed by atoms with Crippen molar-refractivity contribution in [3.05, 3.63) is 53.6 Å². The minimum atomic E-state index is -0.490. The first-order chi connectivity index (χ1) is 9.61. The highest BCUT2D eigenvalue weighted by atomic mass is 16.5. The second-order valence-corrected chi connectivity index (χ2v) is 4.44. The van der Waals surface area contributed by atoms with Crippen molar-refractivity contribution in [3.63, 3.8) is 0 Å². The lowest BCUT2D eigenvalue weighted by atomic mass is 10.2. The zero-order valence-corrected chi connectivity index (χ0v) is 11.5. The molecule has 2 heterocycles. The molecule has 0 amide bonds. The Labute approximate surface area is 117 Å². The SMILES string of the molecule is C=CCOC(=O)c1nnn(Cc2cncc(C)c2)c1C. The fourth-order valence-electron chi connectivity index (χ4n) is 1.78. The summed E-state index contributed by atoms with van der Waals surface area (Å²) in [5, 5.41) is 7.85. The van der Waals surface area contributed by atoms with Gasteiger partial charge in [-0.3, -0.25) is 4.98 Å². The van der Waals surface area contributed by atoms with E-state index in [9.17, 15) is 4.79 Å². The number of nitrogens with zero attached hydrogens (tertiary/aromatic N) is 4. The minimum absolute atomic E-state index is 0.160. The van der Waals surface area contributed by atoms with Gasteiger partial charge in [-0.05, 0) is 25.0 Å². The van der Waals surface area contributed by atoms with Crippen LogP contribution >= 0.6 is 0 Å². The van der Waals surface area contributed by atoms with Crippen LogP contribution in [0.15, 0.2) is 31.1 Å². The maximum Gasteiger partial charge on any atom is 0.361 e. The lowest BCUT2D eigenvalue weighted by Gasteiger charge is -2.04. The van der Waals surface area contributed by atoms with Crippen LogP contribution in [0.5, 0.6) is 0 Å². The lowest BCUT2D eigenvalue weighted by Crippen LogP contribution is -2.09. The number of esters is 1. The topological polar surface area (TPSA) is 69.9 Å². The summed E-state index contributed by atoms with van der Waals surface area (Å²) < 4.78 is 6.61. The molecule has 0 spiro atoms. The molecule has 0 saturated carbocycles. The Morgan fingerprint density at radius 2 is 2.25 bits per heavy atom. The fourth-order valence-corrected chi connectivity index (χ4v) is 1.78.